The van der Waals surface area contributed by atoms with Crippen LogP contribution in [0.4, 0.5) is 5.69 Å². The van der Waals surface area contributed by atoms with Crippen LogP contribution in [0.25, 0.3) is 10.8 Å². The average Bonchev–Trinajstić information content (AvgIpc) is 2.50. The third-order valence-corrected chi connectivity index (χ3v) is 3.49. The molecule has 2 aromatic carbocycles. The van der Waals surface area contributed by atoms with Crippen LogP contribution in [-0.2, 0) is 4.79 Å². The van der Waals surface area contributed by atoms with Gasteiger partial charge < -0.3 is 5.32 Å². The molecule has 0 saturated heterocycles. The lowest BCUT2D eigenvalue weighted by molar-refractivity contribution is -0.111. The third kappa shape index (κ3) is 1.49. The van der Waals surface area contributed by atoms with Crippen molar-refractivity contribution >= 4 is 34.1 Å². The number of hydrogen-bond donors (Lipinski definition) is 1. The minimum Gasteiger partial charge on any atom is -0.321 e. The zero-order valence-electron chi connectivity index (χ0n) is 8.44. The zero-order valence-corrected chi connectivity index (χ0v) is 9.25. The molecule has 0 bridgehead atoms. The molecule has 1 amide bonds. The quantitative estimate of drug-likeness (QED) is 0.747. The van der Waals surface area contributed by atoms with Crippen molar-refractivity contribution in [2.75, 3.05) is 5.32 Å². The number of carbonyl (C=O) groups excluding carboxylic acids is 1. The van der Waals surface area contributed by atoms with Crippen molar-refractivity contribution in [2.45, 2.75) is 4.90 Å². The minimum atomic E-state index is -0.0680. The molecule has 0 aliphatic carbocycles. The number of thioether (sulfide) groups is 1. The first-order chi connectivity index (χ1) is 7.84. The summed E-state index contributed by atoms with van der Waals surface area (Å²) < 4.78 is 0. The molecule has 0 fully saturated rings. The predicted molar refractivity (Wildman–Crippen MR) is 67.6 cm³/mol. The van der Waals surface area contributed by atoms with Crippen LogP contribution in [-0.4, -0.2) is 5.91 Å². The molecular formula is C13H9NOS. The van der Waals surface area contributed by atoms with E-state index in [1.807, 2.05) is 29.7 Å². The van der Waals surface area contributed by atoms with Crippen LogP contribution < -0.4 is 5.32 Å². The first kappa shape index (κ1) is 9.48. The molecule has 1 heterocycles. The molecule has 16 heavy (non-hydrogen) atoms. The number of rotatable bonds is 0. The summed E-state index contributed by atoms with van der Waals surface area (Å²) in [6.07, 6.45) is 1.56. The molecule has 0 spiro atoms. The smallest absolute Gasteiger partial charge is 0.248 e. The van der Waals surface area contributed by atoms with Crippen molar-refractivity contribution < 1.29 is 4.79 Å². The molecule has 1 aliphatic rings. The fourth-order valence-corrected chi connectivity index (χ4v) is 2.69. The van der Waals surface area contributed by atoms with Crippen LogP contribution in [0.1, 0.15) is 0 Å². The third-order valence-electron chi connectivity index (χ3n) is 2.54. The van der Waals surface area contributed by atoms with E-state index in [0.29, 0.717) is 0 Å². The second-order valence-corrected chi connectivity index (χ2v) is 4.49. The molecule has 0 saturated carbocycles. The summed E-state index contributed by atoms with van der Waals surface area (Å²) in [6, 6.07) is 12.2. The lowest BCUT2D eigenvalue weighted by Gasteiger charge is -2.09. The van der Waals surface area contributed by atoms with Crippen molar-refractivity contribution in [1.29, 1.82) is 0 Å². The van der Waals surface area contributed by atoms with Crippen LogP contribution in [0.5, 0.6) is 0 Å². The summed E-state index contributed by atoms with van der Waals surface area (Å²) in [6.45, 7) is 0. The molecule has 3 rings (SSSR count). The maximum absolute atomic E-state index is 11.4. The molecule has 0 radical (unpaired) electrons. The highest BCUT2D eigenvalue weighted by Crippen LogP contribution is 2.36. The summed E-state index contributed by atoms with van der Waals surface area (Å²) in [5, 5.41) is 7.07. The average molecular weight is 227 g/mol. The number of anilines is 1. The molecule has 0 atom stereocenters. The fourth-order valence-electron chi connectivity index (χ4n) is 1.81. The van der Waals surface area contributed by atoms with Gasteiger partial charge in [-0.3, -0.25) is 4.79 Å². The molecule has 1 aliphatic heterocycles. The van der Waals surface area contributed by atoms with Gasteiger partial charge in [-0.05, 0) is 22.2 Å². The van der Waals surface area contributed by atoms with Gasteiger partial charge in [0.25, 0.3) is 0 Å². The summed E-state index contributed by atoms with van der Waals surface area (Å²) >= 11 is 1.58. The van der Waals surface area contributed by atoms with Gasteiger partial charge in [0.05, 0.1) is 5.69 Å². The lowest BCUT2D eigenvalue weighted by Crippen LogP contribution is -2.06. The molecule has 3 heteroatoms. The van der Waals surface area contributed by atoms with E-state index in [0.717, 1.165) is 10.6 Å². The number of carbonyl (C=O) groups is 1. The van der Waals surface area contributed by atoms with Gasteiger partial charge in [0.1, 0.15) is 0 Å². The van der Waals surface area contributed by atoms with E-state index in [1.165, 1.54) is 10.8 Å². The van der Waals surface area contributed by atoms with E-state index in [4.69, 9.17) is 0 Å². The van der Waals surface area contributed by atoms with Crippen LogP contribution in [0.2, 0.25) is 0 Å². The molecular weight excluding hydrogens is 218 g/mol. The van der Waals surface area contributed by atoms with Crippen LogP contribution >= 0.6 is 11.8 Å². The van der Waals surface area contributed by atoms with Crippen LogP contribution in [0, 0.1) is 0 Å². The molecule has 0 aromatic heterocycles. The van der Waals surface area contributed by atoms with Gasteiger partial charge in [0, 0.05) is 11.0 Å². The van der Waals surface area contributed by atoms with E-state index in [9.17, 15) is 4.79 Å². The highest BCUT2D eigenvalue weighted by Gasteiger charge is 2.11. The minimum absolute atomic E-state index is 0.0680. The monoisotopic (exact) mass is 227 g/mol. The normalized spacial score (nSPS) is 14.4. The zero-order chi connectivity index (χ0) is 11.0. The van der Waals surface area contributed by atoms with E-state index in [1.54, 1.807) is 17.8 Å². The second-order valence-electron chi connectivity index (χ2n) is 3.57. The Kier molecular flexibility index (Phi) is 2.18. The largest absolute Gasteiger partial charge is 0.321 e. The summed E-state index contributed by atoms with van der Waals surface area (Å²) in [5.74, 6) is -0.0680. The summed E-state index contributed by atoms with van der Waals surface area (Å²) in [7, 11) is 0. The van der Waals surface area contributed by atoms with E-state index < -0.39 is 0 Å². The van der Waals surface area contributed by atoms with E-state index in [-0.39, 0.29) is 5.91 Å². The first-order valence-corrected chi connectivity index (χ1v) is 5.88. The van der Waals surface area contributed by atoms with Crippen LogP contribution in [0.15, 0.2) is 52.8 Å². The highest BCUT2D eigenvalue weighted by atomic mass is 32.2. The number of nitrogens with one attached hydrogen (secondary N) is 1. The topological polar surface area (TPSA) is 29.1 Å². The van der Waals surface area contributed by atoms with Crippen molar-refractivity contribution in [2.24, 2.45) is 0 Å². The Morgan fingerprint density at radius 1 is 1.06 bits per heavy atom. The van der Waals surface area contributed by atoms with Gasteiger partial charge in [-0.15, -0.1) is 0 Å². The molecule has 78 valence electrons. The molecule has 2 aromatic rings. The fraction of sp³-hybridized carbons (Fsp3) is 0. The lowest BCUT2D eigenvalue weighted by atomic mass is 10.1. The Balaban J connectivity index is 2.30. The van der Waals surface area contributed by atoms with Crippen LogP contribution in [0.3, 0.4) is 0 Å². The number of hydrogen-bond acceptors (Lipinski definition) is 2. The van der Waals surface area contributed by atoms with Crippen molar-refractivity contribution in [3.05, 3.63) is 47.9 Å². The van der Waals surface area contributed by atoms with E-state index >= 15 is 0 Å². The van der Waals surface area contributed by atoms with Gasteiger partial charge in [-0.1, -0.05) is 42.1 Å². The van der Waals surface area contributed by atoms with Gasteiger partial charge >= 0.3 is 0 Å². The second kappa shape index (κ2) is 3.68. The SMILES string of the molecule is O=C1C=CSc2c(ccc3ccccc23)N1. The Labute approximate surface area is 97.3 Å². The van der Waals surface area contributed by atoms with Crippen molar-refractivity contribution in [3.8, 4) is 0 Å². The Hall–Kier alpha value is -1.74. The molecule has 2 nitrogen and oxygen atoms in total. The molecule has 0 unspecified atom stereocenters. The Bertz CT molecular complexity index is 604. The maximum Gasteiger partial charge on any atom is 0.248 e. The van der Waals surface area contributed by atoms with Crippen molar-refractivity contribution in [3.63, 3.8) is 0 Å². The van der Waals surface area contributed by atoms with Crippen molar-refractivity contribution in [1.82, 2.24) is 0 Å². The number of benzene rings is 2. The molecule has 1 N–H and O–H groups in total. The number of fused-ring (bicyclic) bond motifs is 3. The summed E-state index contributed by atoms with van der Waals surface area (Å²) in [5.41, 5.74) is 0.888. The Morgan fingerprint density at radius 2 is 1.94 bits per heavy atom. The standard InChI is InChI=1S/C13H9NOS/c15-12-7-8-16-13-10-4-2-1-3-9(10)5-6-11(13)14-12/h1-8H,(H,14,15). The first-order valence-electron chi connectivity index (χ1n) is 5.00. The van der Waals surface area contributed by atoms with Gasteiger partial charge in [-0.2, -0.15) is 0 Å². The Morgan fingerprint density at radius 3 is 2.88 bits per heavy atom. The van der Waals surface area contributed by atoms with Gasteiger partial charge in [0.2, 0.25) is 5.91 Å². The van der Waals surface area contributed by atoms with Gasteiger partial charge in [0.15, 0.2) is 0 Å². The highest BCUT2D eigenvalue weighted by molar-refractivity contribution is 8.02. The van der Waals surface area contributed by atoms with E-state index in [2.05, 4.69) is 17.4 Å². The summed E-state index contributed by atoms with van der Waals surface area (Å²) in [4.78, 5) is 12.5. The number of amides is 1. The van der Waals surface area contributed by atoms with Gasteiger partial charge in [-0.25, -0.2) is 0 Å². The maximum atomic E-state index is 11.4. The predicted octanol–water partition coefficient (Wildman–Crippen LogP) is 3.40.